The van der Waals surface area contributed by atoms with E-state index in [4.69, 9.17) is 4.74 Å². The average Bonchev–Trinajstić information content (AvgIpc) is 3.42. The number of sulfone groups is 1. The number of ether oxygens (including phenoxy) is 1. The average molecular weight is 623 g/mol. The quantitative estimate of drug-likeness (QED) is 0.163. The second-order valence-corrected chi connectivity index (χ2v) is 13.0. The molecule has 5 rings (SSSR count). The fourth-order valence-electron chi connectivity index (χ4n) is 5.41. The lowest BCUT2D eigenvalue weighted by molar-refractivity contribution is 0.0904. The predicted molar refractivity (Wildman–Crippen MR) is 171 cm³/mol. The van der Waals surface area contributed by atoms with Crippen molar-refractivity contribution in [2.45, 2.75) is 55.5 Å². The topological polar surface area (TPSA) is 128 Å². The summed E-state index contributed by atoms with van der Waals surface area (Å²) in [5.41, 5.74) is 2.55. The minimum Gasteiger partial charge on any atom is -0.381 e. The number of anilines is 3. The van der Waals surface area contributed by atoms with Gasteiger partial charge in [0.15, 0.2) is 5.82 Å². The number of benzene rings is 3. The highest BCUT2D eigenvalue weighted by molar-refractivity contribution is 7.91. The molecular formula is C32H39FN6O4S. The van der Waals surface area contributed by atoms with Crippen molar-refractivity contribution in [1.82, 2.24) is 15.1 Å². The number of likely N-dealkylation sites (N-methyl/N-ethyl adjacent to an activating group) is 1. The van der Waals surface area contributed by atoms with Gasteiger partial charge >= 0.3 is 0 Å². The zero-order chi connectivity index (χ0) is 31.3. The lowest BCUT2D eigenvalue weighted by atomic mass is 10.1. The molecule has 1 aliphatic heterocycles. The number of hydrogen-bond donors (Lipinski definition) is 4. The van der Waals surface area contributed by atoms with E-state index in [1.54, 1.807) is 12.1 Å². The van der Waals surface area contributed by atoms with E-state index in [9.17, 15) is 17.6 Å². The summed E-state index contributed by atoms with van der Waals surface area (Å²) in [5.74, 6) is -0.851. The van der Waals surface area contributed by atoms with Gasteiger partial charge in [-0.2, -0.15) is 5.10 Å². The summed E-state index contributed by atoms with van der Waals surface area (Å²) >= 11 is 0. The Balaban J connectivity index is 1.41. The standard InChI is InChI=1S/C32H39FN6O4S/c1-4-39(5-2)20-21(3)34-24-9-11-27(30(18-24)35-23-13-15-43-16-14-23)32(40)36-31-28-19-26(10-12-29(28)37-38-31)44(41,42)25-8-6-7-22(33)17-25/h6-12,17-19,21,23,34-35H,4-5,13-16,20H2,1-3H3,(H2,36,37,38,40). The van der Waals surface area contributed by atoms with Crippen molar-refractivity contribution in [3.63, 3.8) is 0 Å². The first-order valence-corrected chi connectivity index (χ1v) is 16.4. The first kappa shape index (κ1) is 31.4. The number of rotatable bonds is 12. The molecule has 12 heteroatoms. The molecule has 0 spiro atoms. The van der Waals surface area contributed by atoms with Crippen molar-refractivity contribution in [3.8, 4) is 0 Å². The molecule has 0 aliphatic carbocycles. The molecule has 0 bridgehead atoms. The minimum absolute atomic E-state index is 0.0383. The third kappa shape index (κ3) is 7.20. The van der Waals surface area contributed by atoms with Crippen LogP contribution in [0, 0.1) is 5.82 Å². The number of halogens is 1. The molecule has 1 atom stereocenters. The van der Waals surface area contributed by atoms with Crippen LogP contribution in [-0.2, 0) is 14.6 Å². The molecule has 0 radical (unpaired) electrons. The molecule has 1 unspecified atom stereocenters. The second kappa shape index (κ2) is 13.7. The maximum absolute atomic E-state index is 13.8. The van der Waals surface area contributed by atoms with Crippen molar-refractivity contribution < 1.29 is 22.3 Å². The van der Waals surface area contributed by atoms with Crippen LogP contribution in [0.15, 0.2) is 70.5 Å². The van der Waals surface area contributed by atoms with Gasteiger partial charge in [-0.1, -0.05) is 19.9 Å². The maximum Gasteiger partial charge on any atom is 0.258 e. The molecule has 3 aromatic carbocycles. The minimum atomic E-state index is -4.00. The number of carbonyl (C=O) groups is 1. The van der Waals surface area contributed by atoms with Crippen LogP contribution >= 0.6 is 0 Å². The molecule has 1 aliphatic rings. The number of amides is 1. The molecule has 1 amide bonds. The Labute approximate surface area is 257 Å². The second-order valence-electron chi connectivity index (χ2n) is 11.0. The number of nitrogens with one attached hydrogen (secondary N) is 4. The molecule has 1 fully saturated rings. The summed E-state index contributed by atoms with van der Waals surface area (Å²) in [6, 6.07) is 15.2. The van der Waals surface area contributed by atoms with Crippen LogP contribution in [0.3, 0.4) is 0 Å². The fourth-order valence-corrected chi connectivity index (χ4v) is 6.73. The number of hydrogen-bond acceptors (Lipinski definition) is 8. The normalized spacial score (nSPS) is 14.9. The van der Waals surface area contributed by atoms with Gasteiger partial charge in [-0.3, -0.25) is 9.89 Å². The van der Waals surface area contributed by atoms with Crippen LogP contribution in [0.5, 0.6) is 0 Å². The van der Waals surface area contributed by atoms with E-state index in [0.29, 0.717) is 35.4 Å². The SMILES string of the molecule is CCN(CC)CC(C)Nc1ccc(C(=O)Nc2n[nH]c3ccc(S(=O)(=O)c4cccc(F)c4)cc23)c(NC2CCOCC2)c1. The number of H-pyrrole nitrogens is 1. The lowest BCUT2D eigenvalue weighted by Crippen LogP contribution is -2.34. The van der Waals surface area contributed by atoms with E-state index in [2.05, 4.69) is 51.8 Å². The van der Waals surface area contributed by atoms with E-state index in [0.717, 1.165) is 44.2 Å². The fraction of sp³-hybridized carbons (Fsp3) is 0.375. The number of nitrogens with zero attached hydrogens (tertiary/aromatic N) is 2. The van der Waals surface area contributed by atoms with Gasteiger partial charge in [-0.15, -0.1) is 0 Å². The maximum atomic E-state index is 13.8. The van der Waals surface area contributed by atoms with Crippen molar-refractivity contribution in [2.24, 2.45) is 0 Å². The van der Waals surface area contributed by atoms with Gasteiger partial charge < -0.3 is 25.6 Å². The smallest absolute Gasteiger partial charge is 0.258 e. The Morgan fingerprint density at radius 3 is 2.55 bits per heavy atom. The number of aromatic amines is 1. The summed E-state index contributed by atoms with van der Waals surface area (Å²) in [6.07, 6.45) is 1.65. The molecule has 234 valence electrons. The Hall–Kier alpha value is -4.00. The van der Waals surface area contributed by atoms with Gasteiger partial charge in [0, 0.05) is 48.6 Å². The predicted octanol–water partition coefficient (Wildman–Crippen LogP) is 5.52. The van der Waals surface area contributed by atoms with Crippen LogP contribution in [0.2, 0.25) is 0 Å². The summed E-state index contributed by atoms with van der Waals surface area (Å²) in [4.78, 5) is 15.9. The summed E-state index contributed by atoms with van der Waals surface area (Å²) in [7, 11) is -4.00. The Morgan fingerprint density at radius 2 is 1.82 bits per heavy atom. The zero-order valence-corrected chi connectivity index (χ0v) is 26.0. The van der Waals surface area contributed by atoms with Crippen LogP contribution < -0.4 is 16.0 Å². The van der Waals surface area contributed by atoms with Gasteiger partial charge in [0.05, 0.1) is 20.9 Å². The zero-order valence-electron chi connectivity index (χ0n) is 25.2. The van der Waals surface area contributed by atoms with Crippen LogP contribution in [-0.4, -0.2) is 74.4 Å². The van der Waals surface area contributed by atoms with Crippen LogP contribution in [0.25, 0.3) is 10.9 Å². The molecule has 1 saturated heterocycles. The Morgan fingerprint density at radius 1 is 1.07 bits per heavy atom. The van der Waals surface area contributed by atoms with Gasteiger partial charge in [-0.05, 0) is 87.5 Å². The Kier molecular flexibility index (Phi) is 9.82. The number of carbonyl (C=O) groups excluding carboxylic acids is 1. The van der Waals surface area contributed by atoms with Gasteiger partial charge in [0.2, 0.25) is 9.84 Å². The van der Waals surface area contributed by atoms with E-state index in [-0.39, 0.29) is 27.7 Å². The molecule has 4 N–H and O–H groups in total. The van der Waals surface area contributed by atoms with Crippen molar-refractivity contribution >= 4 is 43.8 Å². The molecule has 10 nitrogen and oxygen atoms in total. The van der Waals surface area contributed by atoms with E-state index >= 15 is 0 Å². The van der Waals surface area contributed by atoms with E-state index in [1.807, 2.05) is 12.1 Å². The third-order valence-electron chi connectivity index (χ3n) is 7.87. The van der Waals surface area contributed by atoms with E-state index in [1.165, 1.54) is 30.3 Å². The van der Waals surface area contributed by atoms with Crippen LogP contribution in [0.1, 0.15) is 44.0 Å². The monoisotopic (exact) mass is 622 g/mol. The number of fused-ring (bicyclic) bond motifs is 1. The first-order valence-electron chi connectivity index (χ1n) is 14.9. The molecule has 1 aromatic heterocycles. The highest BCUT2D eigenvalue weighted by atomic mass is 32.2. The summed E-state index contributed by atoms with van der Waals surface area (Å²) in [6.45, 7) is 10.6. The highest BCUT2D eigenvalue weighted by Crippen LogP contribution is 2.30. The van der Waals surface area contributed by atoms with Gasteiger partial charge in [-0.25, -0.2) is 12.8 Å². The molecule has 4 aromatic rings. The molecule has 2 heterocycles. The first-order chi connectivity index (χ1) is 21.2. The summed E-state index contributed by atoms with van der Waals surface area (Å²) in [5, 5.41) is 17.5. The molecular weight excluding hydrogens is 583 g/mol. The van der Waals surface area contributed by atoms with Gasteiger partial charge in [0.1, 0.15) is 5.82 Å². The largest absolute Gasteiger partial charge is 0.381 e. The van der Waals surface area contributed by atoms with Crippen molar-refractivity contribution in [1.29, 1.82) is 0 Å². The summed E-state index contributed by atoms with van der Waals surface area (Å²) < 4.78 is 45.8. The number of aromatic nitrogens is 2. The molecule has 0 saturated carbocycles. The molecule has 44 heavy (non-hydrogen) atoms. The van der Waals surface area contributed by atoms with Crippen molar-refractivity contribution in [2.75, 3.05) is 48.8 Å². The van der Waals surface area contributed by atoms with Crippen molar-refractivity contribution in [3.05, 3.63) is 72.0 Å². The van der Waals surface area contributed by atoms with E-state index < -0.39 is 21.6 Å². The van der Waals surface area contributed by atoms with Gasteiger partial charge in [0.25, 0.3) is 5.91 Å². The Bertz CT molecular complexity index is 1720. The third-order valence-corrected chi connectivity index (χ3v) is 9.62. The van der Waals surface area contributed by atoms with Crippen LogP contribution in [0.4, 0.5) is 21.6 Å². The lowest BCUT2D eigenvalue weighted by Gasteiger charge is -2.27. The highest BCUT2D eigenvalue weighted by Gasteiger charge is 2.23.